The van der Waals surface area contributed by atoms with E-state index in [1.807, 2.05) is 0 Å². The van der Waals surface area contributed by atoms with Crippen LogP contribution in [0, 0.1) is 0 Å². The van der Waals surface area contributed by atoms with Gasteiger partial charge in [-0.05, 0) is 23.7 Å². The van der Waals surface area contributed by atoms with Crippen molar-refractivity contribution in [3.8, 4) is 0 Å². The minimum atomic E-state index is -0.546. The molecule has 0 aromatic rings. The maximum Gasteiger partial charge on any atom is 0.356 e. The molecule has 0 aromatic heterocycles. The van der Waals surface area contributed by atoms with Gasteiger partial charge in [0.15, 0.2) is 0 Å². The number of hydrogen-bond acceptors (Lipinski definition) is 8. The van der Waals surface area contributed by atoms with E-state index in [0.29, 0.717) is 0 Å². The molecule has 21 heavy (non-hydrogen) atoms. The number of esters is 2. The van der Waals surface area contributed by atoms with Crippen molar-refractivity contribution in [2.75, 3.05) is 21.3 Å². The van der Waals surface area contributed by atoms with Gasteiger partial charge in [0, 0.05) is 7.05 Å². The minimum absolute atomic E-state index is 0.222. The van der Waals surface area contributed by atoms with Gasteiger partial charge < -0.3 is 14.4 Å². The third kappa shape index (κ3) is 2.97. The Kier molecular flexibility index (Phi) is 5.00. The molecule has 2 rings (SSSR count). The number of thioether (sulfide) groups is 3. The van der Waals surface area contributed by atoms with E-state index in [4.69, 9.17) is 9.47 Å². The first-order chi connectivity index (χ1) is 9.90. The fraction of sp³-hybridized carbons (Fsp3) is 0.385. The maximum atomic E-state index is 12.0. The van der Waals surface area contributed by atoms with Gasteiger partial charge in [-0.2, -0.15) is 0 Å². The quantitative estimate of drug-likeness (QED) is 0.708. The predicted molar refractivity (Wildman–Crippen MR) is 87.0 cm³/mol. The second-order valence-corrected chi connectivity index (χ2v) is 7.94. The summed E-state index contributed by atoms with van der Waals surface area (Å²) in [5.41, 5.74) is 0.222. The van der Waals surface area contributed by atoms with Gasteiger partial charge >= 0.3 is 11.9 Å². The zero-order chi connectivity index (χ0) is 15.7. The summed E-state index contributed by atoms with van der Waals surface area (Å²) in [6.07, 6.45) is 0. The molecule has 0 saturated carbocycles. The lowest BCUT2D eigenvalue weighted by molar-refractivity contribution is -0.139. The van der Waals surface area contributed by atoms with Crippen molar-refractivity contribution in [2.45, 2.75) is 13.8 Å². The van der Waals surface area contributed by atoms with E-state index in [1.165, 1.54) is 35.8 Å². The van der Waals surface area contributed by atoms with Crippen molar-refractivity contribution in [3.05, 3.63) is 29.7 Å². The van der Waals surface area contributed by atoms with Crippen LogP contribution in [0.25, 0.3) is 0 Å². The molecule has 0 amide bonds. The Hall–Kier alpha value is -0.990. The zero-order valence-corrected chi connectivity index (χ0v) is 14.8. The average Bonchev–Trinajstić information content (AvgIpc) is 2.98. The molecule has 0 radical (unpaired) electrons. The van der Waals surface area contributed by atoms with Crippen molar-refractivity contribution in [1.82, 2.24) is 4.90 Å². The highest BCUT2D eigenvalue weighted by atomic mass is 32.2. The fourth-order valence-corrected chi connectivity index (χ4v) is 5.68. The molecule has 0 atom stereocenters. The van der Waals surface area contributed by atoms with Crippen LogP contribution in [0.4, 0.5) is 0 Å². The largest absolute Gasteiger partial charge is 0.465 e. The SMILES string of the molecule is COC(=O)C1=C(C(=O)OC)N(C)C(=C2SC(C)=C(C)S2)S1. The molecule has 0 aromatic carbocycles. The van der Waals surface area contributed by atoms with Gasteiger partial charge in [0.2, 0.25) is 0 Å². The molecule has 2 heterocycles. The Bertz CT molecular complexity index is 591. The normalized spacial score (nSPS) is 18.8. The van der Waals surface area contributed by atoms with Crippen molar-refractivity contribution < 1.29 is 19.1 Å². The lowest BCUT2D eigenvalue weighted by atomic mass is 10.3. The molecular weight excluding hydrogens is 330 g/mol. The molecule has 8 heteroatoms. The fourth-order valence-electron chi connectivity index (χ4n) is 1.73. The second-order valence-electron chi connectivity index (χ2n) is 4.23. The number of carbonyl (C=O) groups excluding carboxylic acids is 2. The van der Waals surface area contributed by atoms with Crippen molar-refractivity contribution in [3.63, 3.8) is 0 Å². The molecule has 0 unspecified atom stereocenters. The number of hydrogen-bond donors (Lipinski definition) is 0. The van der Waals surface area contributed by atoms with Gasteiger partial charge in [-0.15, -0.1) is 0 Å². The molecule has 5 nitrogen and oxygen atoms in total. The summed E-state index contributed by atoms with van der Waals surface area (Å²) in [5.74, 6) is -1.08. The monoisotopic (exact) mass is 345 g/mol. The van der Waals surface area contributed by atoms with Crippen LogP contribution in [0.5, 0.6) is 0 Å². The van der Waals surface area contributed by atoms with Crippen molar-refractivity contribution >= 4 is 47.2 Å². The van der Waals surface area contributed by atoms with Crippen LogP contribution in [-0.2, 0) is 19.1 Å². The van der Waals surface area contributed by atoms with Gasteiger partial charge in [-0.3, -0.25) is 0 Å². The number of carbonyl (C=O) groups is 2. The minimum Gasteiger partial charge on any atom is -0.465 e. The van der Waals surface area contributed by atoms with E-state index in [-0.39, 0.29) is 10.6 Å². The molecule has 0 aliphatic carbocycles. The van der Waals surface area contributed by atoms with E-state index >= 15 is 0 Å². The topological polar surface area (TPSA) is 55.8 Å². The second kappa shape index (κ2) is 6.41. The van der Waals surface area contributed by atoms with Crippen LogP contribution in [0.15, 0.2) is 29.7 Å². The summed E-state index contributed by atoms with van der Waals surface area (Å²) < 4.78 is 10.6. The Balaban J connectivity index is 2.40. The molecule has 0 fully saturated rings. The first-order valence-corrected chi connectivity index (χ1v) is 8.45. The first kappa shape index (κ1) is 16.4. The average molecular weight is 345 g/mol. The number of ether oxygens (including phenoxy) is 2. The zero-order valence-electron chi connectivity index (χ0n) is 12.3. The van der Waals surface area contributed by atoms with Gasteiger partial charge in [0.05, 0.1) is 18.5 Å². The highest BCUT2D eigenvalue weighted by Crippen LogP contribution is 2.55. The number of allylic oxidation sites excluding steroid dienone is 2. The van der Waals surface area contributed by atoms with Crippen LogP contribution in [0.1, 0.15) is 13.8 Å². The molecular formula is C13H15NO4S3. The molecule has 0 N–H and O–H groups in total. The van der Waals surface area contributed by atoms with Crippen molar-refractivity contribution in [1.29, 1.82) is 0 Å². The van der Waals surface area contributed by atoms with Gasteiger partial charge in [0.1, 0.15) is 15.6 Å². The Labute approximate surface area is 136 Å². The highest BCUT2D eigenvalue weighted by molar-refractivity contribution is 8.29. The standard InChI is InChI=1S/C13H15NO4S3/c1-6-7(2)20-13(19-6)10-14(3)8(11(15)17-4)9(21-10)12(16)18-5/h1-5H3. The lowest BCUT2D eigenvalue weighted by Crippen LogP contribution is -2.21. The maximum absolute atomic E-state index is 12.0. The van der Waals surface area contributed by atoms with E-state index in [1.54, 1.807) is 35.5 Å². The molecule has 0 saturated heterocycles. The van der Waals surface area contributed by atoms with Crippen molar-refractivity contribution in [2.24, 2.45) is 0 Å². The molecule has 2 aliphatic heterocycles. The van der Waals surface area contributed by atoms with Gasteiger partial charge in [0.25, 0.3) is 0 Å². The summed E-state index contributed by atoms with van der Waals surface area (Å²) in [5, 5.41) is 0.849. The predicted octanol–water partition coefficient (Wildman–Crippen LogP) is 3.08. The van der Waals surface area contributed by atoms with Crippen LogP contribution in [0.3, 0.4) is 0 Å². The summed E-state index contributed by atoms with van der Waals surface area (Å²) in [7, 11) is 4.34. The Morgan fingerprint density at radius 3 is 1.95 bits per heavy atom. The molecule has 0 bridgehead atoms. The third-order valence-electron chi connectivity index (χ3n) is 2.97. The van der Waals surface area contributed by atoms with Crippen LogP contribution < -0.4 is 0 Å². The molecule has 114 valence electrons. The van der Waals surface area contributed by atoms with Crippen LogP contribution in [-0.4, -0.2) is 38.1 Å². The summed E-state index contributed by atoms with van der Waals surface area (Å²) in [6.45, 7) is 4.10. The summed E-state index contributed by atoms with van der Waals surface area (Å²) in [4.78, 5) is 28.3. The van der Waals surface area contributed by atoms with Crippen LogP contribution >= 0.6 is 35.3 Å². The van der Waals surface area contributed by atoms with Gasteiger partial charge in [-0.1, -0.05) is 35.3 Å². The number of nitrogens with zero attached hydrogens (tertiary/aromatic N) is 1. The van der Waals surface area contributed by atoms with E-state index < -0.39 is 11.9 Å². The number of methoxy groups -OCH3 is 2. The molecule has 2 aliphatic rings. The summed E-state index contributed by atoms with van der Waals surface area (Å²) in [6, 6.07) is 0. The molecule has 0 spiro atoms. The Morgan fingerprint density at radius 1 is 0.952 bits per heavy atom. The van der Waals surface area contributed by atoms with Crippen LogP contribution in [0.2, 0.25) is 0 Å². The van der Waals surface area contributed by atoms with E-state index in [9.17, 15) is 9.59 Å². The van der Waals surface area contributed by atoms with Gasteiger partial charge in [-0.25, -0.2) is 9.59 Å². The van der Waals surface area contributed by atoms with E-state index in [2.05, 4.69) is 13.8 Å². The lowest BCUT2D eigenvalue weighted by Gasteiger charge is -2.17. The number of rotatable bonds is 2. The first-order valence-electron chi connectivity index (χ1n) is 6.00. The highest BCUT2D eigenvalue weighted by Gasteiger charge is 2.38. The summed E-state index contributed by atoms with van der Waals surface area (Å²) >= 11 is 4.54. The smallest absolute Gasteiger partial charge is 0.356 e. The number of likely N-dealkylation sites (N-methyl/N-ethyl adjacent to an activating group) is 1. The Morgan fingerprint density at radius 2 is 1.48 bits per heavy atom. The third-order valence-corrected chi connectivity index (χ3v) is 7.07. The van der Waals surface area contributed by atoms with E-state index in [0.717, 1.165) is 9.27 Å².